The molecule has 1 unspecified atom stereocenters. The van der Waals surface area contributed by atoms with Crippen molar-refractivity contribution in [1.82, 2.24) is 0 Å². The topological polar surface area (TPSA) is 18.5 Å². The van der Waals surface area contributed by atoms with Gasteiger partial charge in [0.2, 0.25) is 0 Å². The van der Waals surface area contributed by atoms with E-state index in [2.05, 4.69) is 221 Å². The Morgan fingerprint density at radius 3 is 1.66 bits per heavy atom. The van der Waals surface area contributed by atoms with Gasteiger partial charge in [-0.15, -0.1) is 0 Å². The Morgan fingerprint density at radius 2 is 0.946 bits per heavy atom. The molecular formula is C53H39N3. The molecule has 1 aliphatic heterocycles. The van der Waals surface area contributed by atoms with E-state index in [1.165, 1.54) is 55.2 Å². The van der Waals surface area contributed by atoms with Crippen LogP contribution >= 0.6 is 0 Å². The molecule has 0 saturated heterocycles. The lowest BCUT2D eigenvalue weighted by Crippen LogP contribution is -2.33. The number of nitrogens with one attached hydrogen (secondary N) is 1. The summed E-state index contributed by atoms with van der Waals surface area (Å²) in [5, 5.41) is 5.90. The van der Waals surface area contributed by atoms with Gasteiger partial charge in [-0.25, -0.2) is 0 Å². The maximum atomic E-state index is 3.50. The minimum absolute atomic E-state index is 0.00739. The third-order valence-corrected chi connectivity index (χ3v) is 10.9. The van der Waals surface area contributed by atoms with Crippen molar-refractivity contribution >= 4 is 51.5 Å². The second-order valence-corrected chi connectivity index (χ2v) is 14.3. The molecule has 10 rings (SSSR count). The van der Waals surface area contributed by atoms with Crippen LogP contribution in [0.1, 0.15) is 5.56 Å². The van der Waals surface area contributed by atoms with Crippen molar-refractivity contribution in [2.45, 2.75) is 6.04 Å². The van der Waals surface area contributed by atoms with E-state index in [1.54, 1.807) is 0 Å². The van der Waals surface area contributed by atoms with Crippen molar-refractivity contribution in [3.05, 3.63) is 234 Å². The van der Waals surface area contributed by atoms with Crippen LogP contribution in [-0.2, 0) is 0 Å². The van der Waals surface area contributed by atoms with Gasteiger partial charge in [0, 0.05) is 44.9 Å². The third kappa shape index (κ3) is 6.25. The van der Waals surface area contributed by atoms with E-state index in [0.29, 0.717) is 0 Å². The maximum Gasteiger partial charge on any atom is 0.0792 e. The summed E-state index contributed by atoms with van der Waals surface area (Å²) in [6, 6.07) is 76.0. The second-order valence-electron chi connectivity index (χ2n) is 14.3. The Labute approximate surface area is 328 Å². The average Bonchev–Trinajstić information content (AvgIpc) is 3.47. The van der Waals surface area contributed by atoms with Crippen molar-refractivity contribution < 1.29 is 0 Å². The zero-order chi connectivity index (χ0) is 37.3. The van der Waals surface area contributed by atoms with E-state index in [9.17, 15) is 0 Å². The highest BCUT2D eigenvalue weighted by Crippen LogP contribution is 2.47. The van der Waals surface area contributed by atoms with E-state index < -0.39 is 0 Å². The lowest BCUT2D eigenvalue weighted by Gasteiger charge is -2.28. The Bertz CT molecular complexity index is 2790. The van der Waals surface area contributed by atoms with Gasteiger partial charge in [-0.3, -0.25) is 0 Å². The Balaban J connectivity index is 1.06. The van der Waals surface area contributed by atoms with Crippen LogP contribution in [-0.4, -0.2) is 6.04 Å². The van der Waals surface area contributed by atoms with Crippen LogP contribution in [0.15, 0.2) is 218 Å². The van der Waals surface area contributed by atoms with E-state index in [1.807, 2.05) is 18.2 Å². The van der Waals surface area contributed by atoms with Crippen molar-refractivity contribution in [2.24, 2.45) is 0 Å². The second kappa shape index (κ2) is 14.5. The van der Waals surface area contributed by atoms with Crippen LogP contribution in [0, 0.1) is 0 Å². The maximum absolute atomic E-state index is 3.50. The van der Waals surface area contributed by atoms with Crippen LogP contribution in [0.4, 0.5) is 34.1 Å². The van der Waals surface area contributed by atoms with Gasteiger partial charge in [0.05, 0.1) is 11.7 Å². The number of hydrogen-bond acceptors (Lipinski definition) is 3. The molecule has 0 amide bonds. The number of para-hydroxylation sites is 3. The number of fused-ring (bicyclic) bond motifs is 4. The number of rotatable bonds is 8. The third-order valence-electron chi connectivity index (χ3n) is 10.9. The largest absolute Gasteiger partial charge is 0.356 e. The summed E-state index contributed by atoms with van der Waals surface area (Å²) in [6.45, 7) is 0. The molecule has 0 fully saturated rings. The van der Waals surface area contributed by atoms with Gasteiger partial charge in [-0.2, -0.15) is 0 Å². The summed E-state index contributed by atoms with van der Waals surface area (Å²) in [5.41, 5.74) is 15.2. The lowest BCUT2D eigenvalue weighted by atomic mass is 10.0. The first-order valence-electron chi connectivity index (χ1n) is 19.2. The Morgan fingerprint density at radius 1 is 0.429 bits per heavy atom. The van der Waals surface area contributed by atoms with Crippen molar-refractivity contribution in [3.63, 3.8) is 0 Å². The lowest BCUT2D eigenvalue weighted by molar-refractivity contribution is 1.04. The van der Waals surface area contributed by atoms with E-state index in [4.69, 9.17) is 0 Å². The molecule has 0 bridgehead atoms. The predicted octanol–water partition coefficient (Wildman–Crippen LogP) is 12.1. The molecule has 0 aromatic heterocycles. The van der Waals surface area contributed by atoms with Gasteiger partial charge >= 0.3 is 0 Å². The summed E-state index contributed by atoms with van der Waals surface area (Å²) < 4.78 is 0. The molecule has 0 saturated carbocycles. The predicted molar refractivity (Wildman–Crippen MR) is 236 cm³/mol. The van der Waals surface area contributed by atoms with Gasteiger partial charge in [-0.05, 0) is 112 Å². The van der Waals surface area contributed by atoms with Crippen LogP contribution in [0.25, 0.3) is 39.6 Å². The molecule has 8 aromatic carbocycles. The van der Waals surface area contributed by atoms with E-state index >= 15 is 0 Å². The zero-order valence-corrected chi connectivity index (χ0v) is 30.8. The summed E-state index contributed by atoms with van der Waals surface area (Å²) in [6.07, 6.45) is 4.88. The fourth-order valence-electron chi connectivity index (χ4n) is 8.15. The number of nitrogens with zero attached hydrogens (tertiary/aromatic N) is 2. The molecule has 1 atom stereocenters. The average molecular weight is 718 g/mol. The van der Waals surface area contributed by atoms with Crippen LogP contribution in [0.5, 0.6) is 0 Å². The fraction of sp³-hybridized carbons (Fsp3) is 0.0189. The first-order chi connectivity index (χ1) is 27.8. The quantitative estimate of drug-likeness (QED) is 0.169. The molecule has 1 N–H and O–H groups in total. The summed E-state index contributed by atoms with van der Waals surface area (Å²) in [4.78, 5) is 4.91. The Kier molecular flexibility index (Phi) is 8.58. The van der Waals surface area contributed by atoms with Crippen LogP contribution in [0.3, 0.4) is 0 Å². The van der Waals surface area contributed by atoms with E-state index in [0.717, 1.165) is 28.4 Å². The molecule has 8 aromatic rings. The van der Waals surface area contributed by atoms with Gasteiger partial charge < -0.3 is 15.1 Å². The van der Waals surface area contributed by atoms with Gasteiger partial charge in [0.15, 0.2) is 0 Å². The van der Waals surface area contributed by atoms with E-state index in [-0.39, 0.29) is 6.04 Å². The SMILES string of the molecule is C1=C2c3ccccc3N(c3ccc(-c4ccccc4)cc3)C2C=c2ccccc2=C1N(c1ccccc1)c1ccc(-c2ccc(Nc3ccccc3)cc2)cc1. The fourth-order valence-corrected chi connectivity index (χ4v) is 8.15. The first kappa shape index (κ1) is 33.2. The van der Waals surface area contributed by atoms with Crippen molar-refractivity contribution in [1.29, 1.82) is 0 Å². The van der Waals surface area contributed by atoms with Crippen LogP contribution < -0.4 is 25.6 Å². The van der Waals surface area contributed by atoms with Crippen LogP contribution in [0.2, 0.25) is 0 Å². The monoisotopic (exact) mass is 717 g/mol. The first-order valence-corrected chi connectivity index (χ1v) is 19.2. The van der Waals surface area contributed by atoms with Gasteiger partial charge in [-0.1, -0.05) is 146 Å². The molecular weight excluding hydrogens is 679 g/mol. The minimum Gasteiger partial charge on any atom is -0.356 e. The Hall–Kier alpha value is -7.36. The minimum atomic E-state index is 0.00739. The summed E-state index contributed by atoms with van der Waals surface area (Å²) in [5.74, 6) is 0. The summed E-state index contributed by atoms with van der Waals surface area (Å²) in [7, 11) is 0. The molecule has 2 aliphatic rings. The molecule has 3 heteroatoms. The van der Waals surface area contributed by atoms with Crippen molar-refractivity contribution in [3.8, 4) is 22.3 Å². The molecule has 266 valence electrons. The highest BCUT2D eigenvalue weighted by atomic mass is 15.2. The smallest absolute Gasteiger partial charge is 0.0792 e. The molecule has 0 spiro atoms. The van der Waals surface area contributed by atoms with Gasteiger partial charge in [0.1, 0.15) is 0 Å². The zero-order valence-electron chi connectivity index (χ0n) is 30.8. The highest BCUT2D eigenvalue weighted by molar-refractivity contribution is 6.01. The molecule has 1 aliphatic carbocycles. The number of hydrogen-bond donors (Lipinski definition) is 1. The molecule has 56 heavy (non-hydrogen) atoms. The molecule has 1 heterocycles. The molecule has 0 radical (unpaired) electrons. The highest BCUT2D eigenvalue weighted by Gasteiger charge is 2.35. The standard InChI is InChI=1S/C53H39N3/c1-4-14-38(15-5-1)40-28-34-47(35-29-40)56-51-23-13-12-22-49(51)50-37-53(48-21-11-10-16-42(48)36-52(50)56)55(45-19-8-3-9-20-45)46-32-26-41(27-33-46)39-24-30-44(31-25-39)54-43-17-6-2-7-18-43/h1-37,52,54H. The normalized spacial score (nSPS) is 14.1. The van der Waals surface area contributed by atoms with Gasteiger partial charge in [0.25, 0.3) is 0 Å². The summed E-state index contributed by atoms with van der Waals surface area (Å²) >= 11 is 0. The number of benzene rings is 8. The number of anilines is 6. The molecule has 3 nitrogen and oxygen atoms in total. The van der Waals surface area contributed by atoms with Crippen molar-refractivity contribution in [2.75, 3.05) is 15.1 Å².